The van der Waals surface area contributed by atoms with Crippen LogP contribution in [0.25, 0.3) is 0 Å². The van der Waals surface area contributed by atoms with Gasteiger partial charge in [0.1, 0.15) is 7.11 Å². The van der Waals surface area contributed by atoms with E-state index in [1.165, 1.54) is 41.6 Å². The maximum absolute atomic E-state index is 4.78. The first-order valence-corrected chi connectivity index (χ1v) is 10.0. The molecule has 0 radical (unpaired) electrons. The molecule has 0 aliphatic rings. The summed E-state index contributed by atoms with van der Waals surface area (Å²) in [4.78, 5) is 4.78. The van der Waals surface area contributed by atoms with E-state index in [-0.39, 0.29) is 0 Å². The molecule has 0 aliphatic heterocycles. The van der Waals surface area contributed by atoms with Crippen LogP contribution in [0.2, 0.25) is 0 Å². The molecule has 0 aromatic rings. The Balaban J connectivity index is 4.03. The summed E-state index contributed by atoms with van der Waals surface area (Å²) < 4.78 is 0. The summed E-state index contributed by atoms with van der Waals surface area (Å²) >= 11 is 0. The number of nitrogens with zero attached hydrogens (tertiary/aromatic N) is 1. The lowest BCUT2D eigenvalue weighted by molar-refractivity contribution is 0.212. The molecule has 0 bridgehead atoms. The highest BCUT2D eigenvalue weighted by atomic mass is 16.6. The van der Waals surface area contributed by atoms with Gasteiger partial charge in [-0.3, -0.25) is 0 Å². The summed E-state index contributed by atoms with van der Waals surface area (Å²) in [5, 5.41) is 3.94. The topological polar surface area (TPSA) is 21.6 Å². The van der Waals surface area contributed by atoms with Gasteiger partial charge < -0.3 is 4.84 Å². The van der Waals surface area contributed by atoms with Crippen molar-refractivity contribution in [3.8, 4) is 0 Å². The zero-order valence-electron chi connectivity index (χ0n) is 18.3. The first-order valence-electron chi connectivity index (χ1n) is 10.0. The largest absolute Gasteiger partial charge is 0.399 e. The third-order valence-corrected chi connectivity index (χ3v) is 4.40. The average molecular weight is 360 g/mol. The van der Waals surface area contributed by atoms with E-state index in [1.54, 1.807) is 7.11 Å². The van der Waals surface area contributed by atoms with Crippen LogP contribution in [0.3, 0.4) is 0 Å². The number of hydrogen-bond acceptors (Lipinski definition) is 2. The van der Waals surface area contributed by atoms with E-state index in [0.29, 0.717) is 0 Å². The van der Waals surface area contributed by atoms with Crippen molar-refractivity contribution in [3.63, 3.8) is 0 Å². The second kappa shape index (κ2) is 15.7. The van der Waals surface area contributed by atoms with Crippen molar-refractivity contribution in [2.45, 2.75) is 92.9 Å². The SMILES string of the molecule is CON=C(C)CC/C=C(\C)CC/C=C(\C)CC/C=C(\C)CCC=C(C)C. The minimum atomic E-state index is 0.972. The Labute approximate surface area is 162 Å². The molecule has 0 unspecified atom stereocenters. The van der Waals surface area contributed by atoms with Gasteiger partial charge in [0.2, 0.25) is 0 Å². The lowest BCUT2D eigenvalue weighted by Crippen LogP contribution is -1.91. The Hall–Kier alpha value is -1.57. The van der Waals surface area contributed by atoms with Crippen LogP contribution in [0.4, 0.5) is 0 Å². The predicted octanol–water partition coefficient (Wildman–Crippen LogP) is 7.93. The van der Waals surface area contributed by atoms with Crippen molar-refractivity contribution in [1.29, 1.82) is 0 Å². The van der Waals surface area contributed by atoms with Crippen LogP contribution in [0.15, 0.2) is 51.8 Å². The first kappa shape index (κ1) is 24.4. The van der Waals surface area contributed by atoms with Crippen molar-refractivity contribution in [2.24, 2.45) is 5.16 Å². The molecule has 2 heteroatoms. The highest BCUT2D eigenvalue weighted by Crippen LogP contribution is 2.14. The molecule has 0 saturated heterocycles. The Morgan fingerprint density at radius 3 is 1.38 bits per heavy atom. The predicted molar refractivity (Wildman–Crippen MR) is 118 cm³/mol. The molecule has 148 valence electrons. The van der Waals surface area contributed by atoms with Crippen LogP contribution in [-0.4, -0.2) is 12.8 Å². The molecule has 0 fully saturated rings. The van der Waals surface area contributed by atoms with Gasteiger partial charge in [0, 0.05) is 0 Å². The molecular formula is C24H41NO. The molecule has 0 amide bonds. The minimum absolute atomic E-state index is 0.972. The maximum Gasteiger partial charge on any atom is 0.106 e. The zero-order valence-corrected chi connectivity index (χ0v) is 18.3. The highest BCUT2D eigenvalue weighted by Gasteiger charge is 1.95. The molecule has 0 heterocycles. The molecule has 0 rings (SSSR count). The van der Waals surface area contributed by atoms with Crippen molar-refractivity contribution < 1.29 is 4.84 Å². The lowest BCUT2D eigenvalue weighted by Gasteiger charge is -2.03. The fourth-order valence-corrected chi connectivity index (χ4v) is 2.72. The Morgan fingerprint density at radius 2 is 1.00 bits per heavy atom. The summed E-state index contributed by atoms with van der Waals surface area (Å²) in [5.74, 6) is 0. The van der Waals surface area contributed by atoms with Crippen LogP contribution in [0.5, 0.6) is 0 Å². The zero-order chi connectivity index (χ0) is 19.8. The van der Waals surface area contributed by atoms with Crippen LogP contribution >= 0.6 is 0 Å². The van der Waals surface area contributed by atoms with Crippen molar-refractivity contribution in [3.05, 3.63) is 46.6 Å². The number of allylic oxidation sites excluding steroid dienone is 8. The van der Waals surface area contributed by atoms with Gasteiger partial charge in [0.25, 0.3) is 0 Å². The Kier molecular flexibility index (Phi) is 14.7. The van der Waals surface area contributed by atoms with Gasteiger partial charge in [0.15, 0.2) is 0 Å². The van der Waals surface area contributed by atoms with E-state index < -0.39 is 0 Å². The molecule has 0 aromatic heterocycles. The van der Waals surface area contributed by atoms with Gasteiger partial charge in [-0.25, -0.2) is 0 Å². The molecule has 2 nitrogen and oxygen atoms in total. The smallest absolute Gasteiger partial charge is 0.106 e. The summed E-state index contributed by atoms with van der Waals surface area (Å²) in [6.07, 6.45) is 18.5. The van der Waals surface area contributed by atoms with Gasteiger partial charge in [-0.15, -0.1) is 0 Å². The first-order chi connectivity index (χ1) is 12.3. The number of hydrogen-bond donors (Lipinski definition) is 0. The van der Waals surface area contributed by atoms with E-state index in [9.17, 15) is 0 Å². The van der Waals surface area contributed by atoms with Crippen LogP contribution in [0, 0.1) is 0 Å². The van der Waals surface area contributed by atoms with Gasteiger partial charge in [-0.05, 0) is 92.9 Å². The van der Waals surface area contributed by atoms with E-state index in [1.807, 2.05) is 6.92 Å². The fourth-order valence-electron chi connectivity index (χ4n) is 2.72. The van der Waals surface area contributed by atoms with Gasteiger partial charge >= 0.3 is 0 Å². The summed E-state index contributed by atoms with van der Waals surface area (Å²) in [7, 11) is 1.60. The van der Waals surface area contributed by atoms with Crippen LogP contribution in [0.1, 0.15) is 92.9 Å². The Morgan fingerprint density at radius 1 is 0.615 bits per heavy atom. The lowest BCUT2D eigenvalue weighted by atomic mass is 10.0. The molecule has 0 spiro atoms. The van der Waals surface area contributed by atoms with Crippen LogP contribution in [-0.2, 0) is 4.84 Å². The Bertz CT molecular complexity index is 528. The highest BCUT2D eigenvalue weighted by molar-refractivity contribution is 5.81. The van der Waals surface area contributed by atoms with Crippen LogP contribution < -0.4 is 0 Å². The molecule has 0 aromatic carbocycles. The summed E-state index contributed by atoms with van der Waals surface area (Å²) in [5.41, 5.74) is 6.96. The van der Waals surface area contributed by atoms with Gasteiger partial charge in [-0.2, -0.15) is 0 Å². The second-order valence-corrected chi connectivity index (χ2v) is 7.60. The molecule has 26 heavy (non-hydrogen) atoms. The van der Waals surface area contributed by atoms with Crippen molar-refractivity contribution in [1.82, 2.24) is 0 Å². The monoisotopic (exact) mass is 359 g/mol. The standard InChI is InChI=1S/C24H41NO/c1-20(2)12-8-13-21(3)14-9-15-22(4)16-10-17-23(5)18-11-19-24(6)25-26-7/h12,14,16,18H,8-11,13,15,17,19H2,1-7H3/b21-14+,22-16+,23-18+,25-24?. The van der Waals surface area contributed by atoms with E-state index in [2.05, 4.69) is 64.1 Å². The normalized spacial score (nSPS) is 13.8. The molecule has 0 atom stereocenters. The minimum Gasteiger partial charge on any atom is -0.399 e. The third kappa shape index (κ3) is 15.9. The fraction of sp³-hybridized carbons (Fsp3) is 0.625. The molecular weight excluding hydrogens is 318 g/mol. The molecule has 0 saturated carbocycles. The van der Waals surface area contributed by atoms with Crippen molar-refractivity contribution >= 4 is 5.71 Å². The number of rotatable bonds is 13. The summed E-state index contributed by atoms with van der Waals surface area (Å²) in [6, 6.07) is 0. The van der Waals surface area contributed by atoms with E-state index in [4.69, 9.17) is 4.84 Å². The quantitative estimate of drug-likeness (QED) is 0.186. The van der Waals surface area contributed by atoms with E-state index >= 15 is 0 Å². The second-order valence-electron chi connectivity index (χ2n) is 7.60. The molecule has 0 N–H and O–H groups in total. The molecule has 0 aliphatic carbocycles. The number of oxime groups is 1. The van der Waals surface area contributed by atoms with Crippen molar-refractivity contribution in [2.75, 3.05) is 7.11 Å². The maximum atomic E-state index is 4.78. The summed E-state index contributed by atoms with van der Waals surface area (Å²) in [6.45, 7) is 13.1. The van der Waals surface area contributed by atoms with E-state index in [0.717, 1.165) is 37.8 Å². The van der Waals surface area contributed by atoms with Gasteiger partial charge in [0.05, 0.1) is 5.71 Å². The van der Waals surface area contributed by atoms with Gasteiger partial charge in [-0.1, -0.05) is 51.8 Å². The average Bonchev–Trinajstić information content (AvgIpc) is 2.54. The third-order valence-electron chi connectivity index (χ3n) is 4.40.